The van der Waals surface area contributed by atoms with E-state index in [9.17, 15) is 8.42 Å². The fraction of sp³-hybridized carbons (Fsp3) is 0.368. The first-order valence-corrected chi connectivity index (χ1v) is 9.69. The number of sulfonamides is 1. The third-order valence-corrected chi connectivity index (χ3v) is 5.72. The van der Waals surface area contributed by atoms with E-state index < -0.39 is 10.0 Å². The molecule has 0 fully saturated rings. The molecule has 0 saturated heterocycles. The predicted octanol–water partition coefficient (Wildman–Crippen LogP) is 3.01. The maximum absolute atomic E-state index is 12.9. The Morgan fingerprint density at radius 2 is 1.76 bits per heavy atom. The molecule has 0 aliphatic rings. The lowest BCUT2D eigenvalue weighted by Crippen LogP contribution is -2.27. The number of hydrogen-bond acceptors (Lipinski definition) is 4. The minimum atomic E-state index is -3.64. The first kappa shape index (κ1) is 19.4. The summed E-state index contributed by atoms with van der Waals surface area (Å²) < 4.78 is 32.5. The first-order chi connectivity index (χ1) is 11.8. The van der Waals surface area contributed by atoms with Gasteiger partial charge in [-0.2, -0.15) is 4.31 Å². The van der Waals surface area contributed by atoms with Gasteiger partial charge in [0.15, 0.2) is 0 Å². The van der Waals surface area contributed by atoms with Crippen molar-refractivity contribution in [2.75, 3.05) is 14.2 Å². The molecule has 5 nitrogen and oxygen atoms in total. The lowest BCUT2D eigenvalue weighted by molar-refractivity contribution is 0.396. The number of nitrogens with one attached hydrogen (secondary N) is 1. The Balaban J connectivity index is 2.25. The fourth-order valence-corrected chi connectivity index (χ4v) is 3.74. The van der Waals surface area contributed by atoms with E-state index in [1.54, 1.807) is 19.2 Å². The molecule has 0 spiro atoms. The molecule has 0 radical (unpaired) electrons. The van der Waals surface area contributed by atoms with Gasteiger partial charge >= 0.3 is 0 Å². The molecule has 1 N–H and O–H groups in total. The van der Waals surface area contributed by atoms with Crippen molar-refractivity contribution in [3.05, 3.63) is 59.7 Å². The van der Waals surface area contributed by atoms with Gasteiger partial charge in [-0.1, -0.05) is 50.2 Å². The fourth-order valence-electron chi connectivity index (χ4n) is 2.45. The van der Waals surface area contributed by atoms with E-state index in [-0.39, 0.29) is 4.90 Å². The molecule has 2 aromatic carbocycles. The van der Waals surface area contributed by atoms with Crippen molar-refractivity contribution in [3.8, 4) is 5.75 Å². The van der Waals surface area contributed by atoms with Crippen molar-refractivity contribution in [3.63, 3.8) is 0 Å². The van der Waals surface area contributed by atoms with Crippen LogP contribution in [0.1, 0.15) is 25.0 Å². The molecule has 0 atom stereocenters. The topological polar surface area (TPSA) is 58.6 Å². The monoisotopic (exact) mass is 362 g/mol. The van der Waals surface area contributed by atoms with E-state index in [0.29, 0.717) is 24.9 Å². The van der Waals surface area contributed by atoms with Gasteiger partial charge in [0.25, 0.3) is 0 Å². The number of benzene rings is 2. The zero-order chi connectivity index (χ0) is 18.4. The molecule has 0 aliphatic carbocycles. The van der Waals surface area contributed by atoms with Crippen molar-refractivity contribution < 1.29 is 13.2 Å². The van der Waals surface area contributed by atoms with Crippen molar-refractivity contribution in [1.29, 1.82) is 0 Å². The zero-order valence-corrected chi connectivity index (χ0v) is 16.0. The van der Waals surface area contributed by atoms with Crippen molar-refractivity contribution >= 4 is 10.0 Å². The molecule has 2 aromatic rings. The first-order valence-electron chi connectivity index (χ1n) is 8.25. The summed E-state index contributed by atoms with van der Waals surface area (Å²) >= 11 is 0. The molecular weight excluding hydrogens is 336 g/mol. The Bertz CT molecular complexity index is 790. The molecule has 0 heterocycles. The summed E-state index contributed by atoms with van der Waals surface area (Å²) in [5.74, 6) is 0.364. The molecule has 0 bridgehead atoms. The molecule has 0 amide bonds. The van der Waals surface area contributed by atoms with Gasteiger partial charge in [0, 0.05) is 26.2 Å². The van der Waals surface area contributed by atoms with Crippen LogP contribution in [0.25, 0.3) is 0 Å². The number of methoxy groups -OCH3 is 1. The van der Waals surface area contributed by atoms with Gasteiger partial charge in [0.1, 0.15) is 10.6 Å². The Kier molecular flexibility index (Phi) is 6.58. The molecule has 0 aliphatic heterocycles. The van der Waals surface area contributed by atoms with Crippen LogP contribution in [-0.4, -0.2) is 32.9 Å². The molecule has 0 aromatic heterocycles. The number of rotatable bonds is 8. The summed E-state index contributed by atoms with van der Waals surface area (Å²) in [4.78, 5) is 0.182. The van der Waals surface area contributed by atoms with E-state index in [0.717, 1.165) is 11.1 Å². The van der Waals surface area contributed by atoms with Gasteiger partial charge < -0.3 is 10.1 Å². The van der Waals surface area contributed by atoms with Crippen LogP contribution in [0.5, 0.6) is 5.75 Å². The maximum Gasteiger partial charge on any atom is 0.246 e. The van der Waals surface area contributed by atoms with E-state index in [2.05, 4.69) is 19.2 Å². The summed E-state index contributed by atoms with van der Waals surface area (Å²) in [6.45, 7) is 5.10. The third kappa shape index (κ3) is 5.04. The maximum atomic E-state index is 12.9. The molecule has 0 saturated carbocycles. The second kappa shape index (κ2) is 8.47. The predicted molar refractivity (Wildman–Crippen MR) is 100 cm³/mol. The molecule has 2 rings (SSSR count). The molecule has 136 valence electrons. The number of nitrogens with zero attached hydrogens (tertiary/aromatic N) is 1. The average Bonchev–Trinajstić information content (AvgIpc) is 2.60. The molecule has 25 heavy (non-hydrogen) atoms. The quantitative estimate of drug-likeness (QED) is 0.784. The van der Waals surface area contributed by atoms with Crippen LogP contribution < -0.4 is 10.1 Å². The molecule has 0 unspecified atom stereocenters. The minimum Gasteiger partial charge on any atom is -0.495 e. The van der Waals surface area contributed by atoms with Crippen LogP contribution in [0.4, 0.5) is 0 Å². The largest absolute Gasteiger partial charge is 0.495 e. The van der Waals surface area contributed by atoms with Gasteiger partial charge in [-0.25, -0.2) is 8.42 Å². The van der Waals surface area contributed by atoms with Gasteiger partial charge in [-0.15, -0.1) is 0 Å². The second-order valence-corrected chi connectivity index (χ2v) is 8.28. The normalized spacial score (nSPS) is 11.9. The van der Waals surface area contributed by atoms with Crippen LogP contribution >= 0.6 is 0 Å². The summed E-state index contributed by atoms with van der Waals surface area (Å²) in [6, 6.07) is 15.1. The Labute approximate surface area is 150 Å². The summed E-state index contributed by atoms with van der Waals surface area (Å²) in [7, 11) is -0.569. The number of ether oxygens (including phenoxy) is 1. The highest BCUT2D eigenvalue weighted by Gasteiger charge is 2.25. The Hall–Kier alpha value is -1.89. The summed E-state index contributed by atoms with van der Waals surface area (Å²) in [5, 5.41) is 3.31. The van der Waals surface area contributed by atoms with Gasteiger partial charge in [-0.05, 0) is 23.3 Å². The van der Waals surface area contributed by atoms with Crippen LogP contribution in [0.2, 0.25) is 0 Å². The highest BCUT2D eigenvalue weighted by molar-refractivity contribution is 7.89. The lowest BCUT2D eigenvalue weighted by atomic mass is 10.2. The van der Waals surface area contributed by atoms with E-state index in [1.165, 1.54) is 11.4 Å². The van der Waals surface area contributed by atoms with Crippen molar-refractivity contribution in [2.24, 2.45) is 0 Å². The minimum absolute atomic E-state index is 0.182. The van der Waals surface area contributed by atoms with Crippen LogP contribution in [0.3, 0.4) is 0 Å². The van der Waals surface area contributed by atoms with Gasteiger partial charge in [-0.3, -0.25) is 0 Å². The van der Waals surface area contributed by atoms with E-state index in [1.807, 2.05) is 36.4 Å². The molecule has 6 heteroatoms. The van der Waals surface area contributed by atoms with Crippen LogP contribution in [0, 0.1) is 0 Å². The highest BCUT2D eigenvalue weighted by Crippen LogP contribution is 2.28. The third-order valence-electron chi connectivity index (χ3n) is 3.88. The SMILES string of the molecule is COc1cc(CNC(C)C)ccc1S(=O)(=O)N(C)Cc1ccccc1. The van der Waals surface area contributed by atoms with Crippen molar-refractivity contribution in [1.82, 2.24) is 9.62 Å². The summed E-state index contributed by atoms with van der Waals surface area (Å²) in [5.41, 5.74) is 1.92. The van der Waals surface area contributed by atoms with Gasteiger partial charge in [0.2, 0.25) is 10.0 Å². The van der Waals surface area contributed by atoms with Crippen LogP contribution in [0.15, 0.2) is 53.4 Å². The number of hydrogen-bond donors (Lipinski definition) is 1. The van der Waals surface area contributed by atoms with Crippen molar-refractivity contribution in [2.45, 2.75) is 37.9 Å². The summed E-state index contributed by atoms with van der Waals surface area (Å²) in [6.07, 6.45) is 0. The molecular formula is C19H26N2O3S. The van der Waals surface area contributed by atoms with Crippen LogP contribution in [-0.2, 0) is 23.1 Å². The highest BCUT2D eigenvalue weighted by atomic mass is 32.2. The average molecular weight is 362 g/mol. The second-order valence-electron chi connectivity index (χ2n) is 6.27. The van der Waals surface area contributed by atoms with E-state index >= 15 is 0 Å². The standard InChI is InChI=1S/C19H26N2O3S/c1-15(2)20-13-17-10-11-19(18(12-17)24-4)25(22,23)21(3)14-16-8-6-5-7-9-16/h5-12,15,20H,13-14H2,1-4H3. The van der Waals surface area contributed by atoms with Gasteiger partial charge in [0.05, 0.1) is 7.11 Å². The Morgan fingerprint density at radius 3 is 2.36 bits per heavy atom. The smallest absolute Gasteiger partial charge is 0.246 e. The van der Waals surface area contributed by atoms with E-state index in [4.69, 9.17) is 4.74 Å². The zero-order valence-electron chi connectivity index (χ0n) is 15.2. The Morgan fingerprint density at radius 1 is 1.08 bits per heavy atom. The lowest BCUT2D eigenvalue weighted by Gasteiger charge is -2.19.